The summed E-state index contributed by atoms with van der Waals surface area (Å²) in [6.07, 6.45) is 1.17. The summed E-state index contributed by atoms with van der Waals surface area (Å²) in [5, 5.41) is 9.76. The lowest BCUT2D eigenvalue weighted by Crippen LogP contribution is -2.47. The molecule has 1 aromatic carbocycles. The fourth-order valence-electron chi connectivity index (χ4n) is 3.09. The Bertz CT molecular complexity index is 907. The number of nitrogens with two attached hydrogens (primary N) is 1. The van der Waals surface area contributed by atoms with Gasteiger partial charge in [-0.15, -0.1) is 5.10 Å². The third-order valence-electron chi connectivity index (χ3n) is 4.46. The zero-order chi connectivity index (χ0) is 20.4. The van der Waals surface area contributed by atoms with Gasteiger partial charge in [0.25, 0.3) is 11.8 Å². The fourth-order valence-corrected chi connectivity index (χ4v) is 3.09. The summed E-state index contributed by atoms with van der Waals surface area (Å²) >= 11 is 0. The third kappa shape index (κ3) is 3.55. The Morgan fingerprint density at radius 1 is 1.36 bits per heavy atom. The molecule has 0 saturated carbocycles. The number of aliphatic imine (C=N–C) groups is 1. The normalized spacial score (nSPS) is 21.5. The standard InChI is InChI=1S/C18H18F3N5O2/c1-2-17(18(20,21)10-28-9-15(22)25-17)12-8-11(5-6-13(12)19)24-16(27)14-4-3-7-23-26-14/h3-8H,2,9-10H2,1H3,(H2,22,25)(H,24,27)/t17-/m1/s1. The predicted molar refractivity (Wildman–Crippen MR) is 95.7 cm³/mol. The average molecular weight is 393 g/mol. The van der Waals surface area contributed by atoms with E-state index in [4.69, 9.17) is 10.5 Å². The Hall–Kier alpha value is -3.01. The van der Waals surface area contributed by atoms with Crippen molar-refractivity contribution in [3.05, 3.63) is 53.6 Å². The maximum absolute atomic E-state index is 14.9. The number of carbonyl (C=O) groups is 1. The Morgan fingerprint density at radius 3 is 2.82 bits per heavy atom. The van der Waals surface area contributed by atoms with E-state index in [1.807, 2.05) is 0 Å². The molecule has 2 aromatic rings. The van der Waals surface area contributed by atoms with Gasteiger partial charge in [-0.1, -0.05) is 6.92 Å². The highest BCUT2D eigenvalue weighted by Gasteiger charge is 2.56. The number of halogens is 3. The number of carbonyl (C=O) groups excluding carboxylic acids is 1. The van der Waals surface area contributed by atoms with Gasteiger partial charge in [-0.25, -0.2) is 13.2 Å². The summed E-state index contributed by atoms with van der Waals surface area (Å²) < 4.78 is 49.4. The Morgan fingerprint density at radius 2 is 2.14 bits per heavy atom. The minimum atomic E-state index is -3.52. The van der Waals surface area contributed by atoms with Crippen molar-refractivity contribution < 1.29 is 22.7 Å². The monoisotopic (exact) mass is 393 g/mol. The average Bonchev–Trinajstić information content (AvgIpc) is 2.79. The van der Waals surface area contributed by atoms with Crippen molar-refractivity contribution in [1.82, 2.24) is 10.2 Å². The molecule has 1 atom stereocenters. The van der Waals surface area contributed by atoms with E-state index >= 15 is 0 Å². The van der Waals surface area contributed by atoms with Gasteiger partial charge in [0, 0.05) is 17.4 Å². The van der Waals surface area contributed by atoms with Gasteiger partial charge in [-0.2, -0.15) is 5.10 Å². The summed E-state index contributed by atoms with van der Waals surface area (Å²) in [6, 6.07) is 6.33. The second-order valence-electron chi connectivity index (χ2n) is 6.27. The molecule has 1 aromatic heterocycles. The van der Waals surface area contributed by atoms with Crippen molar-refractivity contribution in [3.8, 4) is 0 Å². The first-order chi connectivity index (χ1) is 13.3. The van der Waals surface area contributed by atoms with Crippen LogP contribution in [0.25, 0.3) is 0 Å². The summed E-state index contributed by atoms with van der Waals surface area (Å²) in [7, 11) is 0. The van der Waals surface area contributed by atoms with Gasteiger partial charge in [0.2, 0.25) is 0 Å². The van der Waals surface area contributed by atoms with E-state index in [0.717, 1.165) is 12.1 Å². The fraction of sp³-hybridized carbons (Fsp3) is 0.333. The zero-order valence-corrected chi connectivity index (χ0v) is 15.0. The van der Waals surface area contributed by atoms with Gasteiger partial charge in [0.1, 0.15) is 24.9 Å². The minimum absolute atomic E-state index is 0.0223. The molecule has 0 spiro atoms. The molecule has 3 rings (SSSR count). The summed E-state index contributed by atoms with van der Waals surface area (Å²) in [5.41, 5.74) is 3.16. The molecular formula is C18H18F3N5O2. The van der Waals surface area contributed by atoms with Crippen LogP contribution in [0.1, 0.15) is 29.4 Å². The quantitative estimate of drug-likeness (QED) is 0.831. The van der Waals surface area contributed by atoms with Gasteiger partial charge in [0.05, 0.1) is 0 Å². The molecule has 1 amide bonds. The van der Waals surface area contributed by atoms with Crippen molar-refractivity contribution in [3.63, 3.8) is 0 Å². The second-order valence-corrected chi connectivity index (χ2v) is 6.27. The van der Waals surface area contributed by atoms with Gasteiger partial charge >= 0.3 is 0 Å². The van der Waals surface area contributed by atoms with Crippen molar-refractivity contribution >= 4 is 17.4 Å². The molecule has 0 saturated heterocycles. The lowest BCUT2D eigenvalue weighted by Gasteiger charge is -2.36. The maximum atomic E-state index is 14.9. The molecule has 10 heteroatoms. The van der Waals surface area contributed by atoms with Crippen LogP contribution < -0.4 is 11.1 Å². The third-order valence-corrected chi connectivity index (χ3v) is 4.46. The highest BCUT2D eigenvalue weighted by molar-refractivity contribution is 6.02. The van der Waals surface area contributed by atoms with E-state index < -0.39 is 29.8 Å². The van der Waals surface area contributed by atoms with E-state index in [1.54, 1.807) is 0 Å². The van der Waals surface area contributed by atoms with Gasteiger partial charge in [-0.3, -0.25) is 9.79 Å². The smallest absolute Gasteiger partial charge is 0.299 e. The topological polar surface area (TPSA) is 102 Å². The SMILES string of the molecule is CC[C@]1(c2cc(NC(=O)c3cccnn3)ccc2F)N=C(N)COCC1(F)F. The summed E-state index contributed by atoms with van der Waals surface area (Å²) in [5.74, 6) is -5.18. The molecule has 0 unspecified atom stereocenters. The molecule has 0 radical (unpaired) electrons. The van der Waals surface area contributed by atoms with Crippen molar-refractivity contribution in [2.24, 2.45) is 10.7 Å². The molecular weight excluding hydrogens is 375 g/mol. The molecule has 1 aliphatic rings. The number of amidine groups is 1. The van der Waals surface area contributed by atoms with E-state index in [-0.39, 0.29) is 35.8 Å². The Kier molecular flexibility index (Phi) is 5.32. The Balaban J connectivity index is 2.04. The van der Waals surface area contributed by atoms with Crippen LogP contribution in [0.15, 0.2) is 41.5 Å². The number of nitrogens with one attached hydrogen (secondary N) is 1. The van der Waals surface area contributed by atoms with Crippen LogP contribution in [0.3, 0.4) is 0 Å². The van der Waals surface area contributed by atoms with E-state index in [2.05, 4.69) is 20.5 Å². The number of nitrogens with zero attached hydrogens (tertiary/aromatic N) is 3. The summed E-state index contributed by atoms with van der Waals surface area (Å²) in [6.45, 7) is 0.225. The number of anilines is 1. The molecule has 28 heavy (non-hydrogen) atoms. The van der Waals surface area contributed by atoms with Crippen molar-refractivity contribution in [2.75, 3.05) is 18.5 Å². The maximum Gasteiger partial charge on any atom is 0.299 e. The van der Waals surface area contributed by atoms with Crippen LogP contribution in [-0.2, 0) is 10.3 Å². The van der Waals surface area contributed by atoms with Crippen LogP contribution in [0, 0.1) is 5.82 Å². The number of aromatic nitrogens is 2. The van der Waals surface area contributed by atoms with Crippen LogP contribution >= 0.6 is 0 Å². The molecule has 0 fully saturated rings. The highest BCUT2D eigenvalue weighted by atomic mass is 19.3. The van der Waals surface area contributed by atoms with Gasteiger partial charge < -0.3 is 15.8 Å². The van der Waals surface area contributed by atoms with Crippen LogP contribution in [-0.4, -0.2) is 41.1 Å². The van der Waals surface area contributed by atoms with E-state index in [9.17, 15) is 18.0 Å². The first kappa shape index (κ1) is 19.7. The molecule has 3 N–H and O–H groups in total. The van der Waals surface area contributed by atoms with Crippen molar-refractivity contribution in [1.29, 1.82) is 0 Å². The zero-order valence-electron chi connectivity index (χ0n) is 15.0. The van der Waals surface area contributed by atoms with Gasteiger partial charge in [0.15, 0.2) is 11.2 Å². The number of rotatable bonds is 4. The lowest BCUT2D eigenvalue weighted by atomic mass is 9.81. The van der Waals surface area contributed by atoms with Gasteiger partial charge in [-0.05, 0) is 36.8 Å². The van der Waals surface area contributed by atoms with E-state index in [1.165, 1.54) is 31.3 Å². The predicted octanol–water partition coefficient (Wildman–Crippen LogP) is 2.50. The minimum Gasteiger partial charge on any atom is -0.385 e. The molecule has 1 aliphatic heterocycles. The number of ether oxygens (including phenoxy) is 1. The van der Waals surface area contributed by atoms with Crippen molar-refractivity contribution in [2.45, 2.75) is 24.8 Å². The molecule has 0 bridgehead atoms. The Labute approximate surface area is 158 Å². The van der Waals surface area contributed by atoms with Crippen LogP contribution in [0.2, 0.25) is 0 Å². The van der Waals surface area contributed by atoms with Crippen LogP contribution in [0.4, 0.5) is 18.9 Å². The molecule has 2 heterocycles. The second kappa shape index (κ2) is 7.55. The van der Waals surface area contributed by atoms with Crippen LogP contribution in [0.5, 0.6) is 0 Å². The number of amides is 1. The number of hydrogen-bond donors (Lipinski definition) is 2. The van der Waals surface area contributed by atoms with E-state index in [0.29, 0.717) is 0 Å². The largest absolute Gasteiger partial charge is 0.385 e. The lowest BCUT2D eigenvalue weighted by molar-refractivity contribution is -0.123. The molecule has 7 nitrogen and oxygen atoms in total. The molecule has 0 aliphatic carbocycles. The first-order valence-electron chi connectivity index (χ1n) is 8.48. The number of alkyl halides is 2. The highest BCUT2D eigenvalue weighted by Crippen LogP contribution is 2.46. The first-order valence-corrected chi connectivity index (χ1v) is 8.48. The molecule has 148 valence electrons. The number of hydrogen-bond acceptors (Lipinski definition) is 6. The number of benzene rings is 1. The summed E-state index contributed by atoms with van der Waals surface area (Å²) in [4.78, 5) is 16.2.